The Morgan fingerprint density at radius 2 is 1.67 bits per heavy atom. The topological polar surface area (TPSA) is 35.2 Å². The second-order valence-electron chi connectivity index (χ2n) is 4.19. The van der Waals surface area contributed by atoms with Crippen LogP contribution in [0.2, 0.25) is 5.02 Å². The van der Waals surface area contributed by atoms with E-state index >= 15 is 0 Å². The molecular formula is C15H16ClNO. The predicted molar refractivity (Wildman–Crippen MR) is 75.1 cm³/mol. The zero-order valence-corrected chi connectivity index (χ0v) is 10.8. The summed E-state index contributed by atoms with van der Waals surface area (Å²) in [7, 11) is 0. The van der Waals surface area contributed by atoms with Crippen molar-refractivity contribution >= 4 is 11.6 Å². The maximum atomic E-state index is 6.04. The van der Waals surface area contributed by atoms with Crippen LogP contribution in [0.1, 0.15) is 5.56 Å². The maximum absolute atomic E-state index is 6.04. The van der Waals surface area contributed by atoms with E-state index in [0.29, 0.717) is 17.4 Å². The van der Waals surface area contributed by atoms with Gasteiger partial charge in [0.25, 0.3) is 0 Å². The van der Waals surface area contributed by atoms with Gasteiger partial charge in [0.1, 0.15) is 12.4 Å². The molecule has 2 rings (SSSR count). The van der Waals surface area contributed by atoms with Crippen LogP contribution in [-0.4, -0.2) is 12.6 Å². The molecule has 2 aromatic rings. The molecule has 0 bridgehead atoms. The first kappa shape index (κ1) is 12.9. The van der Waals surface area contributed by atoms with E-state index in [1.165, 1.54) is 5.56 Å². The number of nitrogens with two attached hydrogens (primary N) is 1. The summed E-state index contributed by atoms with van der Waals surface area (Å²) in [4.78, 5) is 0. The number of hydrogen-bond acceptors (Lipinski definition) is 2. The lowest BCUT2D eigenvalue weighted by atomic mass is 10.1. The zero-order chi connectivity index (χ0) is 12.8. The normalized spacial score (nSPS) is 12.1. The summed E-state index contributed by atoms with van der Waals surface area (Å²) in [6.07, 6.45) is 0.797. The molecule has 1 atom stereocenters. The van der Waals surface area contributed by atoms with E-state index < -0.39 is 0 Å². The van der Waals surface area contributed by atoms with E-state index in [1.54, 1.807) is 6.07 Å². The minimum atomic E-state index is -0.0383. The molecule has 0 radical (unpaired) electrons. The second kappa shape index (κ2) is 6.43. The molecule has 2 N–H and O–H groups in total. The fourth-order valence-corrected chi connectivity index (χ4v) is 1.92. The summed E-state index contributed by atoms with van der Waals surface area (Å²) < 4.78 is 5.61. The Labute approximate surface area is 112 Å². The lowest BCUT2D eigenvalue weighted by molar-refractivity contribution is 0.288. The first-order chi connectivity index (χ1) is 8.75. The van der Waals surface area contributed by atoms with Gasteiger partial charge in [-0.15, -0.1) is 0 Å². The van der Waals surface area contributed by atoms with Crippen LogP contribution in [0.25, 0.3) is 0 Å². The van der Waals surface area contributed by atoms with E-state index in [-0.39, 0.29) is 6.04 Å². The molecule has 3 heteroatoms. The third-order valence-electron chi connectivity index (χ3n) is 2.63. The van der Waals surface area contributed by atoms with E-state index in [1.807, 2.05) is 36.4 Å². The lowest BCUT2D eigenvalue weighted by Gasteiger charge is -2.14. The molecule has 0 saturated carbocycles. The number of hydrogen-bond donors (Lipinski definition) is 1. The van der Waals surface area contributed by atoms with Crippen LogP contribution in [0.3, 0.4) is 0 Å². The van der Waals surface area contributed by atoms with Crippen molar-refractivity contribution in [1.82, 2.24) is 0 Å². The number of halogens is 1. The summed E-state index contributed by atoms with van der Waals surface area (Å²) in [5.41, 5.74) is 7.25. The highest BCUT2D eigenvalue weighted by Gasteiger charge is 2.06. The van der Waals surface area contributed by atoms with Crippen molar-refractivity contribution < 1.29 is 4.74 Å². The Hall–Kier alpha value is -1.51. The summed E-state index contributed by atoms with van der Waals surface area (Å²) in [6.45, 7) is 0.457. The van der Waals surface area contributed by atoms with Crippen LogP contribution in [0.15, 0.2) is 54.6 Å². The highest BCUT2D eigenvalue weighted by molar-refractivity contribution is 6.32. The first-order valence-corrected chi connectivity index (χ1v) is 6.30. The third kappa shape index (κ3) is 3.76. The van der Waals surface area contributed by atoms with Crippen molar-refractivity contribution in [2.24, 2.45) is 5.73 Å². The SMILES string of the molecule is NC(COc1ccccc1Cl)Cc1ccccc1. The second-order valence-corrected chi connectivity index (χ2v) is 4.60. The van der Waals surface area contributed by atoms with Gasteiger partial charge in [0.2, 0.25) is 0 Å². The van der Waals surface area contributed by atoms with Crippen LogP contribution in [0.5, 0.6) is 5.75 Å². The molecule has 0 aromatic heterocycles. The summed E-state index contributed by atoms with van der Waals surface area (Å²) in [5, 5.41) is 0.615. The van der Waals surface area contributed by atoms with Crippen molar-refractivity contribution in [2.45, 2.75) is 12.5 Å². The number of benzene rings is 2. The van der Waals surface area contributed by atoms with Gasteiger partial charge in [-0.1, -0.05) is 54.1 Å². The minimum Gasteiger partial charge on any atom is -0.490 e. The van der Waals surface area contributed by atoms with E-state index in [0.717, 1.165) is 6.42 Å². The average Bonchev–Trinajstić information content (AvgIpc) is 2.39. The number of para-hydroxylation sites is 1. The van der Waals surface area contributed by atoms with Crippen LogP contribution < -0.4 is 10.5 Å². The molecule has 1 unspecified atom stereocenters. The van der Waals surface area contributed by atoms with Crippen LogP contribution >= 0.6 is 11.6 Å². The van der Waals surface area contributed by atoms with Crippen molar-refractivity contribution in [3.8, 4) is 5.75 Å². The van der Waals surface area contributed by atoms with Gasteiger partial charge in [-0.3, -0.25) is 0 Å². The summed E-state index contributed by atoms with van der Waals surface area (Å²) >= 11 is 6.00. The van der Waals surface area contributed by atoms with Gasteiger partial charge in [0.05, 0.1) is 5.02 Å². The highest BCUT2D eigenvalue weighted by atomic mass is 35.5. The first-order valence-electron chi connectivity index (χ1n) is 5.92. The van der Waals surface area contributed by atoms with E-state index in [9.17, 15) is 0 Å². The summed E-state index contributed by atoms with van der Waals surface area (Å²) in [6, 6.07) is 17.5. The monoisotopic (exact) mass is 261 g/mol. The quantitative estimate of drug-likeness (QED) is 0.896. The lowest BCUT2D eigenvalue weighted by Crippen LogP contribution is -2.30. The Morgan fingerprint density at radius 3 is 2.39 bits per heavy atom. The summed E-state index contributed by atoms with van der Waals surface area (Å²) in [5.74, 6) is 0.683. The molecule has 18 heavy (non-hydrogen) atoms. The Balaban J connectivity index is 1.86. The number of rotatable bonds is 5. The molecule has 0 aliphatic heterocycles. The molecule has 2 aromatic carbocycles. The van der Waals surface area contributed by atoms with Gasteiger partial charge in [-0.05, 0) is 24.1 Å². The van der Waals surface area contributed by atoms with Crippen molar-refractivity contribution in [3.05, 3.63) is 65.2 Å². The largest absolute Gasteiger partial charge is 0.490 e. The smallest absolute Gasteiger partial charge is 0.137 e. The Bertz CT molecular complexity index is 487. The van der Waals surface area contributed by atoms with Crippen LogP contribution in [-0.2, 0) is 6.42 Å². The maximum Gasteiger partial charge on any atom is 0.137 e. The fourth-order valence-electron chi connectivity index (χ4n) is 1.73. The molecule has 0 aliphatic rings. The van der Waals surface area contributed by atoms with Gasteiger partial charge in [-0.2, -0.15) is 0 Å². The van der Waals surface area contributed by atoms with Crippen LogP contribution in [0, 0.1) is 0 Å². The van der Waals surface area contributed by atoms with Gasteiger partial charge in [0.15, 0.2) is 0 Å². The molecule has 2 nitrogen and oxygen atoms in total. The van der Waals surface area contributed by atoms with Gasteiger partial charge in [-0.25, -0.2) is 0 Å². The highest BCUT2D eigenvalue weighted by Crippen LogP contribution is 2.23. The molecule has 0 spiro atoms. The average molecular weight is 262 g/mol. The standard InChI is InChI=1S/C15H16ClNO/c16-14-8-4-5-9-15(14)18-11-13(17)10-12-6-2-1-3-7-12/h1-9,13H,10-11,17H2. The van der Waals surface area contributed by atoms with Crippen molar-refractivity contribution in [2.75, 3.05) is 6.61 Å². The van der Waals surface area contributed by atoms with Crippen LogP contribution in [0.4, 0.5) is 0 Å². The number of ether oxygens (including phenoxy) is 1. The fraction of sp³-hybridized carbons (Fsp3) is 0.200. The van der Waals surface area contributed by atoms with E-state index in [2.05, 4.69) is 12.1 Å². The Morgan fingerprint density at radius 1 is 1.00 bits per heavy atom. The van der Waals surface area contributed by atoms with Gasteiger partial charge in [0, 0.05) is 6.04 Å². The minimum absolute atomic E-state index is 0.0383. The molecule has 0 saturated heterocycles. The molecule has 0 heterocycles. The van der Waals surface area contributed by atoms with Crippen molar-refractivity contribution in [1.29, 1.82) is 0 Å². The van der Waals surface area contributed by atoms with Crippen molar-refractivity contribution in [3.63, 3.8) is 0 Å². The molecule has 0 aliphatic carbocycles. The zero-order valence-electron chi connectivity index (χ0n) is 10.1. The predicted octanol–water partition coefficient (Wildman–Crippen LogP) is 3.29. The molecular weight excluding hydrogens is 246 g/mol. The molecule has 0 amide bonds. The molecule has 0 fully saturated rings. The van der Waals surface area contributed by atoms with Gasteiger partial charge < -0.3 is 10.5 Å². The Kier molecular flexibility index (Phi) is 4.62. The molecule has 94 valence electrons. The van der Waals surface area contributed by atoms with E-state index in [4.69, 9.17) is 22.1 Å². The third-order valence-corrected chi connectivity index (χ3v) is 2.94. The van der Waals surface area contributed by atoms with Gasteiger partial charge >= 0.3 is 0 Å².